The fourth-order valence-electron chi connectivity index (χ4n) is 2.16. The Hall–Kier alpha value is -3.42. The van der Waals surface area contributed by atoms with E-state index >= 15 is 0 Å². The van der Waals surface area contributed by atoms with Gasteiger partial charge in [-0.1, -0.05) is 0 Å². The molecule has 0 saturated carbocycles. The van der Waals surface area contributed by atoms with E-state index in [1.807, 2.05) is 0 Å². The highest BCUT2D eigenvalue weighted by molar-refractivity contribution is 5.57. The maximum atomic E-state index is 13.0. The number of halogens is 1. The van der Waals surface area contributed by atoms with Crippen molar-refractivity contribution in [2.75, 3.05) is 0 Å². The predicted molar refractivity (Wildman–Crippen MR) is 82.5 cm³/mol. The highest BCUT2D eigenvalue weighted by Crippen LogP contribution is 2.17. The Morgan fingerprint density at radius 3 is 2.71 bits per heavy atom. The van der Waals surface area contributed by atoms with Crippen molar-refractivity contribution < 1.29 is 9.13 Å². The van der Waals surface area contributed by atoms with Crippen molar-refractivity contribution in [1.82, 2.24) is 29.8 Å². The van der Waals surface area contributed by atoms with Gasteiger partial charge in [-0.25, -0.2) is 9.37 Å². The van der Waals surface area contributed by atoms with Crippen molar-refractivity contribution in [3.63, 3.8) is 0 Å². The van der Waals surface area contributed by atoms with E-state index in [-0.39, 0.29) is 12.4 Å². The summed E-state index contributed by atoms with van der Waals surface area (Å²) in [6.07, 6.45) is 4.85. The molecule has 0 aliphatic rings. The smallest absolute Gasteiger partial charge is 0.272 e. The molecule has 0 saturated heterocycles. The number of nitrogens with zero attached hydrogens (tertiary/aromatic N) is 6. The Bertz CT molecular complexity index is 971. The first kappa shape index (κ1) is 14.2. The second-order valence-electron chi connectivity index (χ2n) is 4.96. The molecule has 4 rings (SSSR count). The van der Waals surface area contributed by atoms with Gasteiger partial charge in [-0.05, 0) is 36.4 Å². The van der Waals surface area contributed by atoms with E-state index in [9.17, 15) is 4.39 Å². The highest BCUT2D eigenvalue weighted by atomic mass is 19.1. The number of rotatable bonds is 4. The van der Waals surface area contributed by atoms with Gasteiger partial charge >= 0.3 is 0 Å². The molecule has 3 aromatic heterocycles. The van der Waals surface area contributed by atoms with E-state index in [1.165, 1.54) is 16.6 Å². The van der Waals surface area contributed by atoms with Gasteiger partial charge in [-0.2, -0.15) is 9.61 Å². The second-order valence-corrected chi connectivity index (χ2v) is 4.96. The molecule has 0 atom stereocenters. The van der Waals surface area contributed by atoms with Gasteiger partial charge in [0.2, 0.25) is 0 Å². The lowest BCUT2D eigenvalue weighted by Crippen LogP contribution is -2.05. The molecule has 8 heteroatoms. The molecule has 0 radical (unpaired) electrons. The zero-order valence-electron chi connectivity index (χ0n) is 12.4. The third kappa shape index (κ3) is 2.76. The van der Waals surface area contributed by atoms with Gasteiger partial charge in [0.25, 0.3) is 5.78 Å². The van der Waals surface area contributed by atoms with Crippen LogP contribution in [0.15, 0.2) is 55.0 Å². The van der Waals surface area contributed by atoms with Crippen LogP contribution in [0.2, 0.25) is 0 Å². The van der Waals surface area contributed by atoms with E-state index in [1.54, 1.807) is 42.9 Å². The maximum absolute atomic E-state index is 13.0. The third-order valence-electron chi connectivity index (χ3n) is 3.34. The molecule has 0 unspecified atom stereocenters. The monoisotopic (exact) mass is 322 g/mol. The van der Waals surface area contributed by atoms with Crippen molar-refractivity contribution in [2.45, 2.75) is 6.61 Å². The topological polar surface area (TPSA) is 78.1 Å². The first-order chi connectivity index (χ1) is 11.8. The molecule has 1 aromatic carbocycles. The molecular formula is C16H11FN6O. The summed E-state index contributed by atoms with van der Waals surface area (Å²) in [5, 5.41) is 12.5. The summed E-state index contributed by atoms with van der Waals surface area (Å²) in [5.41, 5.74) is 1.34. The van der Waals surface area contributed by atoms with Crippen LogP contribution in [0.25, 0.3) is 17.0 Å². The molecule has 0 bridgehead atoms. The van der Waals surface area contributed by atoms with Crippen molar-refractivity contribution in [1.29, 1.82) is 0 Å². The number of ether oxygens (including phenoxy) is 1. The minimum Gasteiger partial charge on any atom is -0.484 e. The van der Waals surface area contributed by atoms with Gasteiger partial charge in [0, 0.05) is 11.8 Å². The van der Waals surface area contributed by atoms with E-state index in [0.29, 0.717) is 23.0 Å². The van der Waals surface area contributed by atoms with Crippen LogP contribution in [0.4, 0.5) is 4.39 Å². The number of hydrogen-bond donors (Lipinski definition) is 0. The number of fused-ring (bicyclic) bond motifs is 1. The van der Waals surface area contributed by atoms with Crippen molar-refractivity contribution >= 4 is 5.78 Å². The number of aromatic nitrogens is 6. The fraction of sp³-hybridized carbons (Fsp3) is 0.0625. The normalized spacial score (nSPS) is 10.9. The second kappa shape index (κ2) is 5.99. The first-order valence-electron chi connectivity index (χ1n) is 7.16. The number of hydrogen-bond acceptors (Lipinski definition) is 6. The Morgan fingerprint density at radius 2 is 1.92 bits per heavy atom. The molecule has 0 N–H and O–H groups in total. The molecule has 7 nitrogen and oxygen atoms in total. The minimum absolute atomic E-state index is 0.175. The van der Waals surface area contributed by atoms with Gasteiger partial charge in [-0.15, -0.1) is 10.2 Å². The fourth-order valence-corrected chi connectivity index (χ4v) is 2.16. The van der Waals surface area contributed by atoms with Crippen LogP contribution in [0, 0.1) is 5.82 Å². The van der Waals surface area contributed by atoms with Crippen LogP contribution in [-0.2, 0) is 6.61 Å². The van der Waals surface area contributed by atoms with Gasteiger partial charge in [0.05, 0.1) is 12.4 Å². The van der Waals surface area contributed by atoms with Crippen LogP contribution in [0.5, 0.6) is 5.75 Å². The molecule has 0 fully saturated rings. The number of benzene rings is 1. The Balaban J connectivity index is 1.64. The van der Waals surface area contributed by atoms with Crippen LogP contribution in [-0.4, -0.2) is 29.8 Å². The van der Waals surface area contributed by atoms with E-state index in [0.717, 1.165) is 5.56 Å². The summed E-state index contributed by atoms with van der Waals surface area (Å²) in [7, 11) is 0. The first-order valence-corrected chi connectivity index (χ1v) is 7.16. The molecule has 0 amide bonds. The van der Waals surface area contributed by atoms with Crippen LogP contribution in [0.3, 0.4) is 0 Å². The lowest BCUT2D eigenvalue weighted by Gasteiger charge is -2.04. The minimum atomic E-state index is -0.303. The molecule has 24 heavy (non-hydrogen) atoms. The van der Waals surface area contributed by atoms with Crippen LogP contribution < -0.4 is 4.74 Å². The lowest BCUT2D eigenvalue weighted by molar-refractivity contribution is 0.291. The number of pyridine rings is 1. The maximum Gasteiger partial charge on any atom is 0.272 e. The van der Waals surface area contributed by atoms with Crippen molar-refractivity contribution in [3.8, 4) is 17.0 Å². The standard InChI is InChI=1S/C16H11FN6O/c17-12-5-3-11(4-6-12)14-9-19-16-21-20-15(23(16)22-14)10-24-13-2-1-7-18-8-13/h1-9H,10H2. The average Bonchev–Trinajstić information content (AvgIpc) is 3.04. The quantitative estimate of drug-likeness (QED) is 0.574. The van der Waals surface area contributed by atoms with Crippen LogP contribution in [0.1, 0.15) is 5.82 Å². The Kier molecular flexibility index (Phi) is 3.54. The summed E-state index contributed by atoms with van der Waals surface area (Å²) in [6.45, 7) is 0.175. The average molecular weight is 322 g/mol. The zero-order chi connectivity index (χ0) is 16.4. The largest absolute Gasteiger partial charge is 0.484 e. The van der Waals surface area contributed by atoms with E-state index < -0.39 is 0 Å². The lowest BCUT2D eigenvalue weighted by atomic mass is 10.2. The van der Waals surface area contributed by atoms with Gasteiger partial charge < -0.3 is 4.74 Å². The highest BCUT2D eigenvalue weighted by Gasteiger charge is 2.11. The predicted octanol–water partition coefficient (Wildman–Crippen LogP) is 2.30. The molecular weight excluding hydrogens is 311 g/mol. The molecule has 0 aliphatic carbocycles. The van der Waals surface area contributed by atoms with Crippen molar-refractivity contribution in [2.24, 2.45) is 0 Å². The van der Waals surface area contributed by atoms with Crippen LogP contribution >= 0.6 is 0 Å². The SMILES string of the molecule is Fc1ccc(-c2cnc3nnc(COc4cccnc4)n3n2)cc1. The molecule has 0 aliphatic heterocycles. The van der Waals surface area contributed by atoms with Crippen molar-refractivity contribution in [3.05, 3.63) is 66.6 Å². The zero-order valence-corrected chi connectivity index (χ0v) is 12.4. The van der Waals surface area contributed by atoms with E-state index in [4.69, 9.17) is 4.74 Å². The summed E-state index contributed by atoms with van der Waals surface area (Å²) in [5.74, 6) is 1.19. The molecule has 0 spiro atoms. The summed E-state index contributed by atoms with van der Waals surface area (Å²) < 4.78 is 20.2. The van der Waals surface area contributed by atoms with E-state index in [2.05, 4.69) is 25.3 Å². The summed E-state index contributed by atoms with van der Waals surface area (Å²) in [6, 6.07) is 9.61. The third-order valence-corrected chi connectivity index (χ3v) is 3.34. The molecule has 3 heterocycles. The van der Waals surface area contributed by atoms with Gasteiger partial charge in [-0.3, -0.25) is 4.98 Å². The molecule has 4 aromatic rings. The Labute approximate surface area is 135 Å². The molecule has 118 valence electrons. The summed E-state index contributed by atoms with van der Waals surface area (Å²) >= 11 is 0. The van der Waals surface area contributed by atoms with Gasteiger partial charge in [0.1, 0.15) is 23.9 Å². The Morgan fingerprint density at radius 1 is 1.04 bits per heavy atom. The summed E-state index contributed by atoms with van der Waals surface area (Å²) in [4.78, 5) is 8.20. The van der Waals surface area contributed by atoms with Gasteiger partial charge in [0.15, 0.2) is 5.82 Å².